The Balaban J connectivity index is 1.61. The molecule has 3 rings (SSSR count). The molecule has 18 heavy (non-hydrogen) atoms. The monoisotopic (exact) mass is 245 g/mol. The first-order valence-corrected chi connectivity index (χ1v) is 6.63. The van der Waals surface area contributed by atoms with Gasteiger partial charge in [0.15, 0.2) is 0 Å². The Morgan fingerprint density at radius 2 is 1.67 bits per heavy atom. The lowest BCUT2D eigenvalue weighted by Gasteiger charge is -2.34. The Kier molecular flexibility index (Phi) is 2.96. The molecule has 2 aliphatic rings. The van der Waals surface area contributed by atoms with Crippen molar-refractivity contribution in [1.29, 1.82) is 0 Å². The summed E-state index contributed by atoms with van der Waals surface area (Å²) in [4.78, 5) is 16.7. The average Bonchev–Trinajstić information content (AvgIpc) is 3.23. The van der Waals surface area contributed by atoms with Gasteiger partial charge in [-0.25, -0.2) is 0 Å². The Morgan fingerprint density at radius 1 is 1.06 bits per heavy atom. The van der Waals surface area contributed by atoms with E-state index in [4.69, 9.17) is 5.73 Å². The summed E-state index contributed by atoms with van der Waals surface area (Å²) in [5.41, 5.74) is 7.07. The molecular weight excluding hydrogens is 226 g/mol. The molecule has 2 N–H and O–H groups in total. The zero-order valence-electron chi connectivity index (χ0n) is 10.5. The molecule has 1 aromatic carbocycles. The van der Waals surface area contributed by atoms with Crippen molar-refractivity contribution in [2.45, 2.75) is 18.9 Å². The molecule has 1 aliphatic carbocycles. The lowest BCUT2D eigenvalue weighted by atomic mass is 10.1. The number of rotatable bonds is 2. The summed E-state index contributed by atoms with van der Waals surface area (Å²) >= 11 is 0. The van der Waals surface area contributed by atoms with Gasteiger partial charge in [-0.1, -0.05) is 0 Å². The third kappa shape index (κ3) is 2.34. The Morgan fingerprint density at radius 3 is 2.22 bits per heavy atom. The maximum Gasteiger partial charge on any atom is 0.253 e. The second kappa shape index (κ2) is 4.61. The van der Waals surface area contributed by atoms with Crippen molar-refractivity contribution >= 4 is 11.6 Å². The van der Waals surface area contributed by atoms with E-state index in [0.717, 1.165) is 37.8 Å². The van der Waals surface area contributed by atoms with Crippen LogP contribution in [0.25, 0.3) is 0 Å². The zero-order valence-corrected chi connectivity index (χ0v) is 10.5. The molecule has 0 bridgehead atoms. The minimum Gasteiger partial charge on any atom is -0.399 e. The van der Waals surface area contributed by atoms with Crippen LogP contribution in [0.3, 0.4) is 0 Å². The molecule has 0 atom stereocenters. The van der Waals surface area contributed by atoms with Crippen molar-refractivity contribution in [3.05, 3.63) is 29.8 Å². The molecule has 0 aromatic heterocycles. The number of amides is 1. The van der Waals surface area contributed by atoms with Crippen LogP contribution >= 0.6 is 0 Å². The normalized spacial score (nSPS) is 21.0. The summed E-state index contributed by atoms with van der Waals surface area (Å²) in [6.45, 7) is 3.73. The van der Waals surface area contributed by atoms with Crippen molar-refractivity contribution in [2.75, 3.05) is 31.9 Å². The standard InChI is InChI=1S/C14H19N3O/c15-12-3-1-11(2-4-12)14(18)17-9-7-16(8-10-17)13-5-6-13/h1-4,13H,5-10,15H2. The summed E-state index contributed by atoms with van der Waals surface area (Å²) in [6, 6.07) is 8.00. The first-order chi connectivity index (χ1) is 8.74. The number of nitrogens with zero attached hydrogens (tertiary/aromatic N) is 2. The van der Waals surface area contributed by atoms with E-state index in [0.29, 0.717) is 5.69 Å². The predicted molar refractivity (Wildman–Crippen MR) is 71.4 cm³/mol. The van der Waals surface area contributed by atoms with Crippen molar-refractivity contribution in [3.63, 3.8) is 0 Å². The Bertz CT molecular complexity index is 431. The van der Waals surface area contributed by atoms with Crippen molar-refractivity contribution in [1.82, 2.24) is 9.80 Å². The predicted octanol–water partition coefficient (Wildman–Crippen LogP) is 1.19. The molecule has 4 heteroatoms. The van der Waals surface area contributed by atoms with E-state index in [9.17, 15) is 4.79 Å². The minimum absolute atomic E-state index is 0.130. The number of anilines is 1. The molecule has 0 radical (unpaired) electrons. The molecule has 0 unspecified atom stereocenters. The van der Waals surface area contributed by atoms with E-state index in [-0.39, 0.29) is 5.91 Å². The highest BCUT2D eigenvalue weighted by Gasteiger charge is 2.32. The van der Waals surface area contributed by atoms with Gasteiger partial charge in [-0.3, -0.25) is 9.69 Å². The lowest BCUT2D eigenvalue weighted by Crippen LogP contribution is -2.49. The molecule has 1 amide bonds. The van der Waals surface area contributed by atoms with E-state index >= 15 is 0 Å². The van der Waals surface area contributed by atoms with E-state index in [1.165, 1.54) is 12.8 Å². The van der Waals surface area contributed by atoms with Crippen LogP contribution in [0.1, 0.15) is 23.2 Å². The average molecular weight is 245 g/mol. The van der Waals surface area contributed by atoms with E-state index < -0.39 is 0 Å². The summed E-state index contributed by atoms with van der Waals surface area (Å²) < 4.78 is 0. The van der Waals surface area contributed by atoms with Crippen LogP contribution in [0.4, 0.5) is 5.69 Å². The summed E-state index contributed by atoms with van der Waals surface area (Å²) in [7, 11) is 0. The molecular formula is C14H19N3O. The smallest absolute Gasteiger partial charge is 0.253 e. The fourth-order valence-electron chi connectivity index (χ4n) is 2.54. The summed E-state index contributed by atoms with van der Waals surface area (Å²) in [6.07, 6.45) is 2.68. The summed E-state index contributed by atoms with van der Waals surface area (Å²) in [5.74, 6) is 0.130. The lowest BCUT2D eigenvalue weighted by molar-refractivity contribution is 0.0627. The molecule has 1 aliphatic heterocycles. The number of nitrogen functional groups attached to an aromatic ring is 1. The zero-order chi connectivity index (χ0) is 12.5. The number of hydrogen-bond acceptors (Lipinski definition) is 3. The van der Waals surface area contributed by atoms with Crippen LogP contribution in [0, 0.1) is 0 Å². The summed E-state index contributed by atoms with van der Waals surface area (Å²) in [5, 5.41) is 0. The fraction of sp³-hybridized carbons (Fsp3) is 0.500. The largest absolute Gasteiger partial charge is 0.399 e. The van der Waals surface area contributed by atoms with Crippen LogP contribution in [-0.2, 0) is 0 Å². The topological polar surface area (TPSA) is 49.6 Å². The quantitative estimate of drug-likeness (QED) is 0.796. The van der Waals surface area contributed by atoms with Crippen molar-refractivity contribution in [2.24, 2.45) is 0 Å². The molecule has 1 saturated carbocycles. The van der Waals surface area contributed by atoms with Crippen LogP contribution in [0.15, 0.2) is 24.3 Å². The number of carbonyl (C=O) groups is 1. The molecule has 1 aromatic rings. The number of hydrogen-bond donors (Lipinski definition) is 1. The Labute approximate surface area is 107 Å². The van der Waals surface area contributed by atoms with Gasteiger partial charge in [0.05, 0.1) is 0 Å². The van der Waals surface area contributed by atoms with Gasteiger partial charge in [-0.15, -0.1) is 0 Å². The number of piperazine rings is 1. The van der Waals surface area contributed by atoms with Gasteiger partial charge >= 0.3 is 0 Å². The van der Waals surface area contributed by atoms with Gasteiger partial charge < -0.3 is 10.6 Å². The van der Waals surface area contributed by atoms with Crippen LogP contribution in [0.5, 0.6) is 0 Å². The van der Waals surface area contributed by atoms with Gasteiger partial charge in [0, 0.05) is 43.5 Å². The van der Waals surface area contributed by atoms with Crippen LogP contribution in [-0.4, -0.2) is 47.9 Å². The van der Waals surface area contributed by atoms with Gasteiger partial charge in [-0.2, -0.15) is 0 Å². The highest BCUT2D eigenvalue weighted by Crippen LogP contribution is 2.27. The van der Waals surface area contributed by atoms with Crippen molar-refractivity contribution < 1.29 is 4.79 Å². The van der Waals surface area contributed by atoms with Gasteiger partial charge in [0.2, 0.25) is 0 Å². The second-order valence-corrected chi connectivity index (χ2v) is 5.18. The number of benzene rings is 1. The van der Waals surface area contributed by atoms with Gasteiger partial charge in [-0.05, 0) is 37.1 Å². The second-order valence-electron chi connectivity index (χ2n) is 5.18. The number of carbonyl (C=O) groups excluding carboxylic acids is 1. The minimum atomic E-state index is 0.130. The van der Waals surface area contributed by atoms with Gasteiger partial charge in [0.25, 0.3) is 5.91 Å². The highest BCUT2D eigenvalue weighted by molar-refractivity contribution is 5.94. The fourth-order valence-corrected chi connectivity index (χ4v) is 2.54. The Hall–Kier alpha value is -1.55. The van der Waals surface area contributed by atoms with Crippen molar-refractivity contribution in [3.8, 4) is 0 Å². The number of nitrogens with two attached hydrogens (primary N) is 1. The van der Waals surface area contributed by atoms with E-state index in [1.54, 1.807) is 12.1 Å². The molecule has 2 fully saturated rings. The third-order valence-electron chi connectivity index (χ3n) is 3.82. The highest BCUT2D eigenvalue weighted by atomic mass is 16.2. The first-order valence-electron chi connectivity index (χ1n) is 6.63. The maximum absolute atomic E-state index is 12.3. The maximum atomic E-state index is 12.3. The van der Waals surface area contributed by atoms with E-state index in [1.807, 2.05) is 17.0 Å². The van der Waals surface area contributed by atoms with Crippen LogP contribution in [0.2, 0.25) is 0 Å². The molecule has 0 spiro atoms. The molecule has 1 heterocycles. The third-order valence-corrected chi connectivity index (χ3v) is 3.82. The van der Waals surface area contributed by atoms with Gasteiger partial charge in [0.1, 0.15) is 0 Å². The van der Waals surface area contributed by atoms with Crippen LogP contribution < -0.4 is 5.73 Å². The molecule has 96 valence electrons. The SMILES string of the molecule is Nc1ccc(C(=O)N2CCN(C3CC3)CC2)cc1. The first kappa shape index (κ1) is 11.5. The van der Waals surface area contributed by atoms with E-state index in [2.05, 4.69) is 4.90 Å². The molecule has 4 nitrogen and oxygen atoms in total. The molecule has 1 saturated heterocycles.